The molecule has 90 valence electrons. The maximum atomic E-state index is 13.2. The monoisotopic (exact) mass is 244 g/mol. The molecule has 0 saturated carbocycles. The van der Waals surface area contributed by atoms with Crippen LogP contribution in [-0.4, -0.2) is 19.4 Å². The van der Waals surface area contributed by atoms with Gasteiger partial charge in [-0.3, -0.25) is 9.20 Å². The van der Waals surface area contributed by atoms with Crippen molar-refractivity contribution in [3.05, 3.63) is 52.5 Å². The molecule has 0 aliphatic heterocycles. The Labute approximate surface area is 101 Å². The quantitative estimate of drug-likeness (QED) is 0.706. The summed E-state index contributed by atoms with van der Waals surface area (Å²) in [5.41, 5.74) is 1.49. The van der Waals surface area contributed by atoms with Crippen LogP contribution in [0.4, 0.5) is 4.39 Å². The number of hydrogen-bond donors (Lipinski definition) is 1. The number of fused-ring (bicyclic) bond motifs is 1. The fourth-order valence-corrected chi connectivity index (χ4v) is 1.83. The number of H-pyrrole nitrogens is 1. The molecule has 18 heavy (non-hydrogen) atoms. The maximum absolute atomic E-state index is 13.2. The molecule has 1 N–H and O–H groups in total. The Morgan fingerprint density at radius 3 is 3.00 bits per heavy atom. The first-order valence-electron chi connectivity index (χ1n) is 5.34. The number of rotatable bonds is 1. The molecule has 6 heteroatoms. The van der Waals surface area contributed by atoms with E-state index in [4.69, 9.17) is 0 Å². The van der Waals surface area contributed by atoms with Gasteiger partial charge in [0.15, 0.2) is 5.82 Å². The third-order valence-corrected chi connectivity index (χ3v) is 2.58. The summed E-state index contributed by atoms with van der Waals surface area (Å²) in [6.07, 6.45) is 2.85. The highest BCUT2D eigenvalue weighted by atomic mass is 19.1. The number of pyridine rings is 1. The lowest BCUT2D eigenvalue weighted by atomic mass is 10.3. The molecule has 0 saturated heterocycles. The molecule has 0 radical (unpaired) electrons. The van der Waals surface area contributed by atoms with Gasteiger partial charge in [-0.1, -0.05) is 0 Å². The van der Waals surface area contributed by atoms with E-state index in [9.17, 15) is 9.18 Å². The second-order valence-corrected chi connectivity index (χ2v) is 3.95. The van der Waals surface area contributed by atoms with Crippen LogP contribution in [0.25, 0.3) is 17.2 Å². The summed E-state index contributed by atoms with van der Waals surface area (Å²) >= 11 is 0. The third kappa shape index (κ3) is 1.67. The second kappa shape index (κ2) is 3.76. The third-order valence-electron chi connectivity index (χ3n) is 2.58. The van der Waals surface area contributed by atoms with Gasteiger partial charge >= 0.3 is 0 Å². The standard InChI is InChI=1S/C12H9FN4O/c1-7-4-11(18)16-12(15-7)9-5-14-10-3-2-8(13)6-17(9)10/h2-6H,1H3,(H,15,16,18). The number of aromatic amines is 1. The van der Waals surface area contributed by atoms with E-state index in [2.05, 4.69) is 15.0 Å². The predicted molar refractivity (Wildman–Crippen MR) is 63.7 cm³/mol. The first-order valence-corrected chi connectivity index (χ1v) is 5.34. The smallest absolute Gasteiger partial charge is 0.251 e. The summed E-state index contributed by atoms with van der Waals surface area (Å²) in [7, 11) is 0. The van der Waals surface area contributed by atoms with E-state index in [1.165, 1.54) is 18.3 Å². The number of nitrogens with one attached hydrogen (secondary N) is 1. The Balaban J connectivity index is 2.31. The van der Waals surface area contributed by atoms with Gasteiger partial charge in [0.1, 0.15) is 17.2 Å². The van der Waals surface area contributed by atoms with E-state index in [0.717, 1.165) is 0 Å². The Morgan fingerprint density at radius 1 is 1.39 bits per heavy atom. The summed E-state index contributed by atoms with van der Waals surface area (Å²) in [6.45, 7) is 1.72. The van der Waals surface area contributed by atoms with Gasteiger partial charge in [-0.05, 0) is 19.1 Å². The van der Waals surface area contributed by atoms with Gasteiger partial charge in [0.2, 0.25) is 0 Å². The molecule has 0 spiro atoms. The van der Waals surface area contributed by atoms with Gasteiger partial charge in [-0.25, -0.2) is 14.4 Å². The predicted octanol–water partition coefficient (Wildman–Crippen LogP) is 1.53. The maximum Gasteiger partial charge on any atom is 0.251 e. The molecule has 3 heterocycles. The Bertz CT molecular complexity index is 790. The molecular formula is C12H9FN4O. The number of aryl methyl sites for hydroxylation is 1. The zero-order valence-electron chi connectivity index (χ0n) is 9.51. The van der Waals surface area contributed by atoms with Crippen LogP contribution in [0.5, 0.6) is 0 Å². The highest BCUT2D eigenvalue weighted by Gasteiger charge is 2.09. The SMILES string of the molecule is Cc1cc(=O)[nH]c(-c2cnc3ccc(F)cn23)n1. The van der Waals surface area contributed by atoms with Crippen LogP contribution >= 0.6 is 0 Å². The van der Waals surface area contributed by atoms with Crippen LogP contribution in [0.3, 0.4) is 0 Å². The van der Waals surface area contributed by atoms with Crippen molar-refractivity contribution in [3.63, 3.8) is 0 Å². The summed E-state index contributed by atoms with van der Waals surface area (Å²) in [5.74, 6) is -0.00477. The molecular weight excluding hydrogens is 235 g/mol. The zero-order chi connectivity index (χ0) is 12.7. The first kappa shape index (κ1) is 10.6. The topological polar surface area (TPSA) is 63.0 Å². The minimum Gasteiger partial charge on any atom is -0.305 e. The lowest BCUT2D eigenvalue weighted by molar-refractivity contribution is 0.619. The fraction of sp³-hybridized carbons (Fsp3) is 0.0833. The first-order chi connectivity index (χ1) is 8.63. The van der Waals surface area contributed by atoms with Gasteiger partial charge in [0.05, 0.1) is 6.20 Å². The largest absolute Gasteiger partial charge is 0.305 e. The normalized spacial score (nSPS) is 11.0. The second-order valence-electron chi connectivity index (χ2n) is 3.95. The molecule has 0 aliphatic carbocycles. The van der Waals surface area contributed by atoms with E-state index in [-0.39, 0.29) is 11.4 Å². The van der Waals surface area contributed by atoms with Crippen molar-refractivity contribution < 1.29 is 4.39 Å². The van der Waals surface area contributed by atoms with Crippen molar-refractivity contribution in [1.82, 2.24) is 19.4 Å². The Morgan fingerprint density at radius 2 is 2.22 bits per heavy atom. The van der Waals surface area contributed by atoms with Gasteiger partial charge in [0, 0.05) is 18.0 Å². The van der Waals surface area contributed by atoms with E-state index in [0.29, 0.717) is 22.9 Å². The van der Waals surface area contributed by atoms with Crippen molar-refractivity contribution in [2.24, 2.45) is 0 Å². The molecule has 0 fully saturated rings. The molecule has 5 nitrogen and oxygen atoms in total. The van der Waals surface area contributed by atoms with Crippen LogP contribution in [0, 0.1) is 12.7 Å². The minimum absolute atomic E-state index is 0.246. The van der Waals surface area contributed by atoms with Crippen LogP contribution < -0.4 is 5.56 Å². The molecule has 0 bridgehead atoms. The van der Waals surface area contributed by atoms with E-state index < -0.39 is 0 Å². The highest BCUT2D eigenvalue weighted by molar-refractivity contribution is 5.56. The molecule has 3 rings (SSSR count). The summed E-state index contributed by atoms with van der Waals surface area (Å²) < 4.78 is 14.8. The van der Waals surface area contributed by atoms with Crippen molar-refractivity contribution in [3.8, 4) is 11.5 Å². The van der Waals surface area contributed by atoms with Crippen LogP contribution in [-0.2, 0) is 0 Å². The molecule has 3 aromatic rings. The average Bonchev–Trinajstić information content (AvgIpc) is 2.70. The zero-order valence-corrected chi connectivity index (χ0v) is 9.51. The lowest BCUT2D eigenvalue weighted by Gasteiger charge is -2.02. The van der Waals surface area contributed by atoms with E-state index >= 15 is 0 Å². The van der Waals surface area contributed by atoms with Crippen LogP contribution in [0.15, 0.2) is 35.4 Å². The molecule has 0 atom stereocenters. The van der Waals surface area contributed by atoms with E-state index in [1.54, 1.807) is 23.6 Å². The summed E-state index contributed by atoms with van der Waals surface area (Å²) in [4.78, 5) is 22.4. The molecule has 0 amide bonds. The lowest BCUT2D eigenvalue weighted by Crippen LogP contribution is -2.09. The van der Waals surface area contributed by atoms with Crippen molar-refractivity contribution >= 4 is 5.65 Å². The summed E-state index contributed by atoms with van der Waals surface area (Å²) in [5, 5.41) is 0. The van der Waals surface area contributed by atoms with Crippen molar-refractivity contribution in [2.75, 3.05) is 0 Å². The number of aromatic nitrogens is 4. The van der Waals surface area contributed by atoms with Gasteiger partial charge in [-0.15, -0.1) is 0 Å². The molecule has 0 unspecified atom stereocenters. The van der Waals surface area contributed by atoms with Crippen LogP contribution in [0.1, 0.15) is 5.69 Å². The fourth-order valence-electron chi connectivity index (χ4n) is 1.83. The van der Waals surface area contributed by atoms with Crippen molar-refractivity contribution in [2.45, 2.75) is 6.92 Å². The van der Waals surface area contributed by atoms with Gasteiger partial charge in [0.25, 0.3) is 5.56 Å². The minimum atomic E-state index is -0.378. The highest BCUT2D eigenvalue weighted by Crippen LogP contribution is 2.16. The van der Waals surface area contributed by atoms with Gasteiger partial charge in [-0.2, -0.15) is 0 Å². The van der Waals surface area contributed by atoms with E-state index in [1.807, 2.05) is 0 Å². The average molecular weight is 244 g/mol. The van der Waals surface area contributed by atoms with Crippen LogP contribution in [0.2, 0.25) is 0 Å². The number of hydrogen-bond acceptors (Lipinski definition) is 3. The molecule has 3 aromatic heterocycles. The number of nitrogens with zero attached hydrogens (tertiary/aromatic N) is 3. The number of imidazole rings is 1. The number of halogens is 1. The van der Waals surface area contributed by atoms with Gasteiger partial charge < -0.3 is 4.98 Å². The summed E-state index contributed by atoms with van der Waals surface area (Å²) in [6, 6.07) is 4.29. The molecule has 0 aliphatic rings. The molecule has 0 aromatic carbocycles. The van der Waals surface area contributed by atoms with Crippen molar-refractivity contribution in [1.29, 1.82) is 0 Å². The Kier molecular flexibility index (Phi) is 2.22. The Hall–Kier alpha value is -2.50.